The molecule has 0 aliphatic carbocycles. The van der Waals surface area contributed by atoms with Gasteiger partial charge in [0.1, 0.15) is 23.3 Å². The zero-order chi connectivity index (χ0) is 28.7. The smallest absolute Gasteiger partial charge is 0.258 e. The average Bonchev–Trinajstić information content (AvgIpc) is 2.92. The van der Waals surface area contributed by atoms with E-state index in [0.717, 1.165) is 6.07 Å². The second kappa shape index (κ2) is 10.6. The van der Waals surface area contributed by atoms with Crippen molar-refractivity contribution in [3.63, 3.8) is 0 Å². The lowest BCUT2D eigenvalue weighted by atomic mass is 9.88. The predicted molar refractivity (Wildman–Crippen MR) is 146 cm³/mol. The Labute approximate surface area is 229 Å². The molecule has 0 radical (unpaired) electrons. The molecule has 0 aromatic heterocycles. The van der Waals surface area contributed by atoms with Crippen molar-refractivity contribution in [2.75, 3.05) is 9.80 Å². The highest BCUT2D eigenvalue weighted by Gasteiger charge is 2.39. The molecule has 5 rings (SSSR count). The third-order valence-electron chi connectivity index (χ3n) is 7.30. The number of carbonyl (C=O) groups is 2. The zero-order valence-corrected chi connectivity index (χ0v) is 22.1. The van der Waals surface area contributed by atoms with Gasteiger partial charge < -0.3 is 9.80 Å². The van der Waals surface area contributed by atoms with Gasteiger partial charge in [-0.1, -0.05) is 12.1 Å². The first kappa shape index (κ1) is 27.1. The van der Waals surface area contributed by atoms with Crippen LogP contribution in [-0.4, -0.2) is 17.9 Å². The number of hydrogen-bond donors (Lipinski definition) is 0. The standard InChI is InChI=1S/C32H26F4N2O2/c1-18-4-6-21(15-27(18)35)31(39)37-20(3)14-30(26-17-24(34)10-13-29(26)37)38(25-11-8-23(33)9-12-25)32(40)22-7-5-19(2)28(36)16-22/h4-13,15-17,20,30H,14H2,1-3H3/t20-,30-/m1/s1. The van der Waals surface area contributed by atoms with Crippen LogP contribution in [0.25, 0.3) is 0 Å². The summed E-state index contributed by atoms with van der Waals surface area (Å²) in [6, 6.07) is 16.2. The summed E-state index contributed by atoms with van der Waals surface area (Å²) in [6.07, 6.45) is 0.175. The van der Waals surface area contributed by atoms with Crippen molar-refractivity contribution in [2.45, 2.75) is 39.3 Å². The van der Waals surface area contributed by atoms with Crippen LogP contribution < -0.4 is 9.80 Å². The number of hydrogen-bond acceptors (Lipinski definition) is 2. The molecule has 0 spiro atoms. The van der Waals surface area contributed by atoms with Crippen molar-refractivity contribution >= 4 is 23.2 Å². The summed E-state index contributed by atoms with van der Waals surface area (Å²) in [5.41, 5.74) is 1.96. The van der Waals surface area contributed by atoms with Crippen LogP contribution in [0.15, 0.2) is 78.9 Å². The summed E-state index contributed by atoms with van der Waals surface area (Å²) in [5, 5.41) is 0. The highest BCUT2D eigenvalue weighted by Crippen LogP contribution is 2.44. The Morgan fingerprint density at radius 1 is 0.750 bits per heavy atom. The molecule has 4 aromatic carbocycles. The first-order chi connectivity index (χ1) is 19.0. The lowest BCUT2D eigenvalue weighted by molar-refractivity contribution is 0.0965. The molecule has 4 aromatic rings. The number of anilines is 2. The number of nitrogens with zero attached hydrogens (tertiary/aromatic N) is 2. The first-order valence-electron chi connectivity index (χ1n) is 12.8. The molecule has 0 unspecified atom stereocenters. The van der Waals surface area contributed by atoms with Crippen molar-refractivity contribution < 1.29 is 27.2 Å². The average molecular weight is 547 g/mol. The normalized spacial score (nSPS) is 16.4. The minimum Gasteiger partial charge on any atom is -0.305 e. The quantitative estimate of drug-likeness (QED) is 0.246. The van der Waals surface area contributed by atoms with E-state index < -0.39 is 47.2 Å². The molecule has 4 nitrogen and oxygen atoms in total. The Bertz CT molecular complexity index is 1620. The summed E-state index contributed by atoms with van der Waals surface area (Å²) < 4.78 is 57.3. The van der Waals surface area contributed by atoms with Gasteiger partial charge in [-0.15, -0.1) is 0 Å². The predicted octanol–water partition coefficient (Wildman–Crippen LogP) is 7.69. The molecule has 1 aliphatic rings. The number of aryl methyl sites for hydroxylation is 2. The van der Waals surface area contributed by atoms with Crippen LogP contribution in [-0.2, 0) is 0 Å². The van der Waals surface area contributed by atoms with Crippen molar-refractivity contribution in [1.29, 1.82) is 0 Å². The molecule has 0 bridgehead atoms. The second-order valence-electron chi connectivity index (χ2n) is 10.1. The highest BCUT2D eigenvalue weighted by molar-refractivity contribution is 6.09. The number of halogens is 4. The summed E-state index contributed by atoms with van der Waals surface area (Å²) in [6.45, 7) is 4.95. The Morgan fingerprint density at radius 2 is 1.32 bits per heavy atom. The van der Waals surface area contributed by atoms with Gasteiger partial charge in [0.15, 0.2) is 0 Å². The fraction of sp³-hybridized carbons (Fsp3) is 0.188. The first-order valence-corrected chi connectivity index (χ1v) is 12.8. The maximum Gasteiger partial charge on any atom is 0.258 e. The Balaban J connectivity index is 1.64. The van der Waals surface area contributed by atoms with E-state index in [1.807, 2.05) is 0 Å². The van der Waals surface area contributed by atoms with Crippen LogP contribution in [0.1, 0.15) is 56.8 Å². The topological polar surface area (TPSA) is 40.6 Å². The molecule has 8 heteroatoms. The maximum absolute atomic E-state index is 14.7. The molecule has 1 heterocycles. The number of carbonyl (C=O) groups excluding carboxylic acids is 2. The number of benzene rings is 4. The molecule has 2 amide bonds. The summed E-state index contributed by atoms with van der Waals surface area (Å²) in [7, 11) is 0. The van der Waals surface area contributed by atoms with Crippen LogP contribution in [0.4, 0.5) is 28.9 Å². The largest absolute Gasteiger partial charge is 0.305 e. The SMILES string of the molecule is Cc1ccc(C(=O)N2c3ccc(F)cc3[C@H](N(C(=O)c3ccc(C)c(F)c3)c3ccc(F)cc3)C[C@H]2C)cc1F. The number of rotatable bonds is 4. The highest BCUT2D eigenvalue weighted by atomic mass is 19.1. The van der Waals surface area contributed by atoms with E-state index in [4.69, 9.17) is 0 Å². The lowest BCUT2D eigenvalue weighted by Crippen LogP contribution is -2.48. The Morgan fingerprint density at radius 3 is 1.95 bits per heavy atom. The molecule has 0 N–H and O–H groups in total. The van der Waals surface area contributed by atoms with Gasteiger partial charge >= 0.3 is 0 Å². The Kier molecular flexibility index (Phi) is 7.19. The third kappa shape index (κ3) is 4.97. The number of fused-ring (bicyclic) bond motifs is 1. The van der Waals surface area contributed by atoms with Crippen molar-refractivity contribution in [1.82, 2.24) is 0 Å². The van der Waals surface area contributed by atoms with Gasteiger partial charge in [0, 0.05) is 34.1 Å². The van der Waals surface area contributed by atoms with E-state index in [2.05, 4.69) is 0 Å². The lowest BCUT2D eigenvalue weighted by Gasteiger charge is -2.43. The molecule has 0 fully saturated rings. The van der Waals surface area contributed by atoms with Gasteiger partial charge in [-0.25, -0.2) is 17.6 Å². The van der Waals surface area contributed by atoms with E-state index in [0.29, 0.717) is 28.1 Å². The molecule has 40 heavy (non-hydrogen) atoms. The molecule has 1 aliphatic heterocycles. The maximum atomic E-state index is 14.7. The van der Waals surface area contributed by atoms with E-state index >= 15 is 0 Å². The van der Waals surface area contributed by atoms with Crippen LogP contribution in [0.3, 0.4) is 0 Å². The molecule has 0 saturated carbocycles. The van der Waals surface area contributed by atoms with Gasteiger partial charge in [-0.05, 0) is 105 Å². The van der Waals surface area contributed by atoms with Crippen LogP contribution >= 0.6 is 0 Å². The number of amides is 2. The van der Waals surface area contributed by atoms with Crippen molar-refractivity contribution in [2.24, 2.45) is 0 Å². The van der Waals surface area contributed by atoms with Gasteiger partial charge in [0.2, 0.25) is 0 Å². The van der Waals surface area contributed by atoms with Gasteiger partial charge in [0.05, 0.1) is 6.04 Å². The molecular formula is C32H26F4N2O2. The fourth-order valence-electron chi connectivity index (χ4n) is 5.13. The van der Waals surface area contributed by atoms with Crippen molar-refractivity contribution in [3.05, 3.63) is 130 Å². The fourth-order valence-corrected chi connectivity index (χ4v) is 5.13. The molecule has 0 saturated heterocycles. The summed E-state index contributed by atoms with van der Waals surface area (Å²) in [5.74, 6) is -3.22. The summed E-state index contributed by atoms with van der Waals surface area (Å²) >= 11 is 0. The van der Waals surface area contributed by atoms with Gasteiger partial charge in [0.25, 0.3) is 11.8 Å². The molecule has 2 atom stereocenters. The van der Waals surface area contributed by atoms with E-state index in [-0.39, 0.29) is 17.5 Å². The van der Waals surface area contributed by atoms with Crippen LogP contribution in [0, 0.1) is 37.1 Å². The second-order valence-corrected chi connectivity index (χ2v) is 10.1. The van der Waals surface area contributed by atoms with Crippen molar-refractivity contribution in [3.8, 4) is 0 Å². The van der Waals surface area contributed by atoms with Crippen LogP contribution in [0.5, 0.6) is 0 Å². The molecular weight excluding hydrogens is 520 g/mol. The van der Waals surface area contributed by atoms with E-state index in [9.17, 15) is 27.2 Å². The zero-order valence-electron chi connectivity index (χ0n) is 22.1. The Hall–Kier alpha value is -4.46. The minimum absolute atomic E-state index is 0.0617. The van der Waals surface area contributed by atoms with Gasteiger partial charge in [-0.2, -0.15) is 0 Å². The van der Waals surface area contributed by atoms with E-state index in [1.165, 1.54) is 82.6 Å². The van der Waals surface area contributed by atoms with Crippen LogP contribution in [0.2, 0.25) is 0 Å². The summed E-state index contributed by atoms with van der Waals surface area (Å²) in [4.78, 5) is 30.4. The third-order valence-corrected chi connectivity index (χ3v) is 7.30. The minimum atomic E-state index is -0.790. The molecule has 204 valence electrons. The monoisotopic (exact) mass is 546 g/mol. The van der Waals surface area contributed by atoms with E-state index in [1.54, 1.807) is 20.8 Å². The van der Waals surface area contributed by atoms with Gasteiger partial charge in [-0.3, -0.25) is 9.59 Å².